The van der Waals surface area contributed by atoms with Gasteiger partial charge in [-0.15, -0.1) is 0 Å². The average Bonchev–Trinajstić information content (AvgIpc) is 3.39. The van der Waals surface area contributed by atoms with Crippen molar-refractivity contribution in [1.82, 2.24) is 10.6 Å². The lowest BCUT2D eigenvalue weighted by Gasteiger charge is -2.17. The lowest BCUT2D eigenvalue weighted by Crippen LogP contribution is -2.43. The van der Waals surface area contributed by atoms with Gasteiger partial charge in [-0.2, -0.15) is 0 Å². The summed E-state index contributed by atoms with van der Waals surface area (Å²) in [5.74, 6) is 0.142. The molecule has 6 heteroatoms. The van der Waals surface area contributed by atoms with Crippen molar-refractivity contribution in [3.8, 4) is 11.1 Å². The van der Waals surface area contributed by atoms with Gasteiger partial charge in [-0.25, -0.2) is 4.79 Å². The third-order valence-corrected chi connectivity index (χ3v) is 5.39. The van der Waals surface area contributed by atoms with Crippen LogP contribution < -0.4 is 10.6 Å². The lowest BCUT2D eigenvalue weighted by molar-refractivity contribution is -0.142. The number of rotatable bonds is 7. The van der Waals surface area contributed by atoms with Gasteiger partial charge in [0.15, 0.2) is 0 Å². The highest BCUT2D eigenvalue weighted by Crippen LogP contribution is 2.21. The summed E-state index contributed by atoms with van der Waals surface area (Å²) in [6.45, 7) is 1.69. The van der Waals surface area contributed by atoms with E-state index >= 15 is 0 Å². The summed E-state index contributed by atoms with van der Waals surface area (Å²) in [5, 5.41) is 6.06. The van der Waals surface area contributed by atoms with Crippen LogP contribution in [-0.2, 0) is 16.0 Å². The van der Waals surface area contributed by atoms with Crippen molar-refractivity contribution in [2.75, 3.05) is 20.2 Å². The third-order valence-electron chi connectivity index (χ3n) is 5.39. The molecule has 0 aliphatic carbocycles. The number of benzene rings is 3. The molecular weight excluding hydrogens is 402 g/mol. The third kappa shape index (κ3) is 5.03. The zero-order valence-electron chi connectivity index (χ0n) is 17.9. The Labute approximate surface area is 187 Å². The van der Waals surface area contributed by atoms with Gasteiger partial charge in [0, 0.05) is 24.1 Å². The SMILES string of the molecule is COC(=O)[C@H](Cc1ccccc1)NC(=O)c1ccc(-c2ccc(C3=NCCN3)cc2)cc1. The predicted molar refractivity (Wildman–Crippen MR) is 125 cm³/mol. The normalized spacial score (nSPS) is 13.6. The molecule has 1 heterocycles. The fraction of sp³-hybridized carbons (Fsp3) is 0.192. The van der Waals surface area contributed by atoms with Crippen molar-refractivity contribution in [3.63, 3.8) is 0 Å². The topological polar surface area (TPSA) is 79.8 Å². The Morgan fingerprint density at radius 1 is 0.938 bits per heavy atom. The minimum absolute atomic E-state index is 0.316. The fourth-order valence-corrected chi connectivity index (χ4v) is 3.65. The Bertz CT molecular complexity index is 1110. The van der Waals surface area contributed by atoms with Crippen molar-refractivity contribution in [3.05, 3.63) is 95.6 Å². The van der Waals surface area contributed by atoms with Crippen LogP contribution in [0.4, 0.5) is 0 Å². The van der Waals surface area contributed by atoms with Crippen molar-refractivity contribution in [1.29, 1.82) is 0 Å². The fourth-order valence-electron chi connectivity index (χ4n) is 3.65. The first-order valence-electron chi connectivity index (χ1n) is 10.6. The molecule has 3 aromatic carbocycles. The molecule has 0 radical (unpaired) electrons. The molecule has 162 valence electrons. The minimum Gasteiger partial charge on any atom is -0.467 e. The van der Waals surface area contributed by atoms with Gasteiger partial charge in [-0.05, 0) is 28.8 Å². The number of esters is 1. The highest BCUT2D eigenvalue weighted by molar-refractivity contribution is 6.00. The molecule has 6 nitrogen and oxygen atoms in total. The molecule has 1 aliphatic rings. The van der Waals surface area contributed by atoms with E-state index in [1.165, 1.54) is 7.11 Å². The largest absolute Gasteiger partial charge is 0.467 e. The smallest absolute Gasteiger partial charge is 0.328 e. The van der Waals surface area contributed by atoms with E-state index in [-0.39, 0.29) is 5.91 Å². The maximum Gasteiger partial charge on any atom is 0.328 e. The van der Waals surface area contributed by atoms with Crippen LogP contribution in [0.25, 0.3) is 11.1 Å². The minimum atomic E-state index is -0.755. The van der Waals surface area contributed by atoms with Gasteiger partial charge >= 0.3 is 5.97 Å². The summed E-state index contributed by atoms with van der Waals surface area (Å²) in [4.78, 5) is 29.4. The molecule has 3 aromatic rings. The molecule has 0 bridgehead atoms. The van der Waals surface area contributed by atoms with Crippen molar-refractivity contribution >= 4 is 17.7 Å². The zero-order chi connectivity index (χ0) is 22.3. The Morgan fingerprint density at radius 2 is 1.56 bits per heavy atom. The van der Waals surface area contributed by atoms with Crippen molar-refractivity contribution < 1.29 is 14.3 Å². The maximum atomic E-state index is 12.8. The number of nitrogens with one attached hydrogen (secondary N) is 2. The van der Waals surface area contributed by atoms with Crippen LogP contribution in [0.15, 0.2) is 83.9 Å². The number of carbonyl (C=O) groups excluding carboxylic acids is 2. The molecule has 1 amide bonds. The molecule has 4 rings (SSSR count). The molecule has 32 heavy (non-hydrogen) atoms. The number of nitrogens with zero attached hydrogens (tertiary/aromatic N) is 1. The summed E-state index contributed by atoms with van der Waals surface area (Å²) in [5.41, 5.74) is 4.55. The number of carbonyl (C=O) groups is 2. The molecule has 0 saturated heterocycles. The molecule has 0 saturated carbocycles. The second-order valence-corrected chi connectivity index (χ2v) is 7.55. The highest BCUT2D eigenvalue weighted by Gasteiger charge is 2.22. The Kier molecular flexibility index (Phi) is 6.60. The van der Waals surface area contributed by atoms with E-state index in [2.05, 4.69) is 15.6 Å². The number of amidine groups is 1. The standard InChI is InChI=1S/C26H25N3O3/c1-32-26(31)23(17-18-5-3-2-4-6-18)29-25(30)22-13-9-20(10-14-22)19-7-11-21(12-8-19)24-27-15-16-28-24/h2-14,23H,15-17H2,1H3,(H,27,28)(H,29,30)/t23-/m0/s1. The van der Waals surface area contributed by atoms with Gasteiger partial charge in [-0.1, -0.05) is 66.7 Å². The van der Waals surface area contributed by atoms with Crippen LogP contribution in [0.2, 0.25) is 0 Å². The van der Waals surface area contributed by atoms with Gasteiger partial charge in [-0.3, -0.25) is 9.79 Å². The molecule has 0 spiro atoms. The molecule has 1 aliphatic heterocycles. The van der Waals surface area contributed by atoms with E-state index in [1.807, 2.05) is 66.7 Å². The average molecular weight is 428 g/mol. The molecule has 1 atom stereocenters. The van der Waals surface area contributed by atoms with E-state index in [1.54, 1.807) is 12.1 Å². The zero-order valence-corrected chi connectivity index (χ0v) is 17.9. The van der Waals surface area contributed by atoms with Crippen LogP contribution in [0, 0.1) is 0 Å². The molecule has 0 unspecified atom stereocenters. The Balaban J connectivity index is 1.44. The van der Waals surface area contributed by atoms with Crippen molar-refractivity contribution in [2.24, 2.45) is 4.99 Å². The van der Waals surface area contributed by atoms with Crippen LogP contribution in [0.3, 0.4) is 0 Å². The summed E-state index contributed by atoms with van der Waals surface area (Å²) < 4.78 is 4.88. The van der Waals surface area contributed by atoms with Crippen LogP contribution in [0.5, 0.6) is 0 Å². The first-order valence-corrected chi connectivity index (χ1v) is 10.6. The monoisotopic (exact) mass is 427 g/mol. The molecular formula is C26H25N3O3. The molecule has 0 fully saturated rings. The van der Waals surface area contributed by atoms with Gasteiger partial charge in [0.2, 0.25) is 0 Å². The lowest BCUT2D eigenvalue weighted by atomic mass is 10.0. The quantitative estimate of drug-likeness (QED) is 0.568. The first kappa shape index (κ1) is 21.3. The van der Waals surface area contributed by atoms with E-state index in [4.69, 9.17) is 4.74 Å². The predicted octanol–water partition coefficient (Wildman–Crippen LogP) is 3.22. The maximum absolute atomic E-state index is 12.8. The van der Waals surface area contributed by atoms with E-state index in [9.17, 15) is 9.59 Å². The van der Waals surface area contributed by atoms with Gasteiger partial charge < -0.3 is 15.4 Å². The van der Waals surface area contributed by atoms with Crippen molar-refractivity contribution in [2.45, 2.75) is 12.5 Å². The number of methoxy groups -OCH3 is 1. The number of amides is 1. The van der Waals surface area contributed by atoms with Gasteiger partial charge in [0.1, 0.15) is 11.9 Å². The van der Waals surface area contributed by atoms with Crippen LogP contribution in [0.1, 0.15) is 21.5 Å². The number of aliphatic imine (C=N–C) groups is 1. The summed E-state index contributed by atoms with van der Waals surface area (Å²) in [6, 6.07) is 24.3. The van der Waals surface area contributed by atoms with Crippen LogP contribution >= 0.6 is 0 Å². The summed E-state index contributed by atoms with van der Waals surface area (Å²) >= 11 is 0. The van der Waals surface area contributed by atoms with Crippen LogP contribution in [-0.4, -0.2) is 44.0 Å². The molecule has 2 N–H and O–H groups in total. The van der Waals surface area contributed by atoms with Gasteiger partial charge in [0.05, 0.1) is 13.7 Å². The number of hydrogen-bond donors (Lipinski definition) is 2. The Morgan fingerprint density at radius 3 is 2.16 bits per heavy atom. The number of hydrogen-bond acceptors (Lipinski definition) is 5. The van der Waals surface area contributed by atoms with E-state index < -0.39 is 12.0 Å². The first-order chi connectivity index (χ1) is 15.6. The van der Waals surface area contributed by atoms with E-state index in [0.717, 1.165) is 41.2 Å². The highest BCUT2D eigenvalue weighted by atomic mass is 16.5. The Hall–Kier alpha value is -3.93. The number of ether oxygens (including phenoxy) is 1. The van der Waals surface area contributed by atoms with E-state index in [0.29, 0.717) is 12.0 Å². The summed E-state index contributed by atoms with van der Waals surface area (Å²) in [6.07, 6.45) is 0.365. The second-order valence-electron chi connectivity index (χ2n) is 7.55. The summed E-state index contributed by atoms with van der Waals surface area (Å²) in [7, 11) is 1.32. The van der Waals surface area contributed by atoms with Gasteiger partial charge in [0.25, 0.3) is 5.91 Å². The second kappa shape index (κ2) is 9.92. The molecule has 0 aromatic heterocycles.